The van der Waals surface area contributed by atoms with Crippen molar-refractivity contribution >= 4 is 39.1 Å². The fraction of sp³-hybridized carbons (Fsp3) is 0.259. The quantitative estimate of drug-likeness (QED) is 0.381. The number of carbonyl (C=O) groups is 2. The van der Waals surface area contributed by atoms with E-state index in [1.54, 1.807) is 56.3 Å². The average Bonchev–Trinajstić information content (AvgIpc) is 2.89. The molecule has 3 rings (SSSR count). The molecule has 0 saturated carbocycles. The average molecular weight is 546 g/mol. The number of nitrogens with zero attached hydrogens (tertiary/aromatic N) is 2. The predicted molar refractivity (Wildman–Crippen MR) is 142 cm³/mol. The highest BCUT2D eigenvalue weighted by molar-refractivity contribution is 7.92. The highest BCUT2D eigenvalue weighted by Crippen LogP contribution is 2.25. The molecule has 3 aromatic carbocycles. The molecule has 37 heavy (non-hydrogen) atoms. The van der Waals surface area contributed by atoms with E-state index in [-0.39, 0.29) is 23.0 Å². The molecule has 0 unspecified atom stereocenters. The Labute approximate surface area is 221 Å². The maximum atomic E-state index is 13.8. The van der Waals surface area contributed by atoms with E-state index < -0.39 is 34.3 Å². The van der Waals surface area contributed by atoms with Crippen LogP contribution in [0.1, 0.15) is 25.8 Å². The maximum Gasteiger partial charge on any atom is 0.264 e. The summed E-state index contributed by atoms with van der Waals surface area (Å²) in [5.41, 5.74) is 0.843. The molecule has 0 aliphatic rings. The summed E-state index contributed by atoms with van der Waals surface area (Å²) < 4.78 is 41.8. The molecule has 0 aliphatic heterocycles. The Kier molecular flexibility index (Phi) is 9.66. The second-order valence-electron chi connectivity index (χ2n) is 8.27. The fourth-order valence-corrected chi connectivity index (χ4v) is 5.42. The first-order chi connectivity index (χ1) is 17.7. The molecule has 0 aromatic heterocycles. The van der Waals surface area contributed by atoms with E-state index in [1.807, 2.05) is 0 Å². The Balaban J connectivity index is 2.03. The molecule has 7 nitrogen and oxygen atoms in total. The van der Waals surface area contributed by atoms with Crippen LogP contribution >= 0.6 is 11.6 Å². The summed E-state index contributed by atoms with van der Waals surface area (Å²) in [5.74, 6) is -1.47. The first kappa shape index (κ1) is 28.1. The molecule has 0 bridgehead atoms. The van der Waals surface area contributed by atoms with Crippen molar-refractivity contribution in [3.8, 4) is 0 Å². The number of carbonyl (C=O) groups excluding carboxylic acids is 2. The summed E-state index contributed by atoms with van der Waals surface area (Å²) in [7, 11) is -4.19. The Morgan fingerprint density at radius 2 is 1.57 bits per heavy atom. The van der Waals surface area contributed by atoms with E-state index in [9.17, 15) is 22.4 Å². The third kappa shape index (κ3) is 7.08. The summed E-state index contributed by atoms with van der Waals surface area (Å²) in [6.07, 6.45) is 0.313. The van der Waals surface area contributed by atoms with Crippen LogP contribution < -0.4 is 9.62 Å². The molecule has 0 spiro atoms. The van der Waals surface area contributed by atoms with Crippen LogP contribution in [-0.4, -0.2) is 44.3 Å². The van der Waals surface area contributed by atoms with E-state index in [1.165, 1.54) is 29.2 Å². The van der Waals surface area contributed by atoms with Crippen LogP contribution in [0.3, 0.4) is 0 Å². The van der Waals surface area contributed by atoms with Crippen molar-refractivity contribution in [3.05, 3.63) is 95.3 Å². The number of rotatable bonds is 11. The molecule has 0 aliphatic carbocycles. The Hall–Kier alpha value is -3.43. The second kappa shape index (κ2) is 12.7. The number of benzene rings is 3. The summed E-state index contributed by atoms with van der Waals surface area (Å²) >= 11 is 6.00. The molecular weight excluding hydrogens is 517 g/mol. The normalized spacial score (nSPS) is 12.0. The van der Waals surface area contributed by atoms with Crippen LogP contribution in [0.15, 0.2) is 83.8 Å². The zero-order valence-corrected chi connectivity index (χ0v) is 22.2. The smallest absolute Gasteiger partial charge is 0.264 e. The monoisotopic (exact) mass is 545 g/mol. The van der Waals surface area contributed by atoms with Crippen molar-refractivity contribution < 1.29 is 22.4 Å². The summed E-state index contributed by atoms with van der Waals surface area (Å²) in [4.78, 5) is 28.0. The Morgan fingerprint density at radius 1 is 0.946 bits per heavy atom. The van der Waals surface area contributed by atoms with E-state index in [4.69, 9.17) is 11.6 Å². The Bertz CT molecular complexity index is 1300. The topological polar surface area (TPSA) is 86.8 Å². The second-order valence-corrected chi connectivity index (χ2v) is 10.6. The molecule has 1 atom stereocenters. The number of likely N-dealkylation sites (N-methyl/N-ethyl adjacent to an activating group) is 1. The van der Waals surface area contributed by atoms with E-state index >= 15 is 0 Å². The van der Waals surface area contributed by atoms with Crippen molar-refractivity contribution in [1.29, 1.82) is 0 Å². The van der Waals surface area contributed by atoms with Gasteiger partial charge in [-0.2, -0.15) is 0 Å². The zero-order valence-electron chi connectivity index (χ0n) is 20.6. The van der Waals surface area contributed by atoms with Gasteiger partial charge in [0, 0.05) is 18.1 Å². The minimum atomic E-state index is -4.19. The SMILES string of the molecule is CCNC(=O)[C@@H](CC)N(Cc1ccc(Cl)cc1)C(=O)CN(c1ccc(F)cc1)S(=O)(=O)c1ccccc1. The Morgan fingerprint density at radius 3 is 2.14 bits per heavy atom. The van der Waals surface area contributed by atoms with E-state index in [2.05, 4.69) is 5.32 Å². The van der Waals surface area contributed by atoms with Gasteiger partial charge in [-0.05, 0) is 67.4 Å². The molecular formula is C27H29ClFN3O4S. The van der Waals surface area contributed by atoms with Gasteiger partial charge in [0.05, 0.1) is 10.6 Å². The van der Waals surface area contributed by atoms with Crippen molar-refractivity contribution in [3.63, 3.8) is 0 Å². The molecule has 196 valence electrons. The number of hydrogen-bond acceptors (Lipinski definition) is 4. The number of sulfonamides is 1. The molecule has 10 heteroatoms. The minimum Gasteiger partial charge on any atom is -0.355 e. The number of amides is 2. The van der Waals surface area contributed by atoms with Crippen LogP contribution in [0.5, 0.6) is 0 Å². The number of nitrogens with one attached hydrogen (secondary N) is 1. The highest BCUT2D eigenvalue weighted by atomic mass is 35.5. The number of hydrogen-bond donors (Lipinski definition) is 1. The molecule has 1 N–H and O–H groups in total. The van der Waals surface area contributed by atoms with Gasteiger partial charge in [0.15, 0.2) is 0 Å². The molecule has 3 aromatic rings. The lowest BCUT2D eigenvalue weighted by Crippen LogP contribution is -2.52. The van der Waals surface area contributed by atoms with Crippen LogP contribution in [-0.2, 0) is 26.2 Å². The first-order valence-electron chi connectivity index (χ1n) is 11.8. The fourth-order valence-electron chi connectivity index (χ4n) is 3.85. The van der Waals surface area contributed by atoms with Gasteiger partial charge in [0.2, 0.25) is 11.8 Å². The lowest BCUT2D eigenvalue weighted by atomic mass is 10.1. The highest BCUT2D eigenvalue weighted by Gasteiger charge is 2.33. The van der Waals surface area contributed by atoms with Crippen molar-refractivity contribution in [2.75, 3.05) is 17.4 Å². The number of halogens is 2. The molecule has 0 radical (unpaired) electrons. The first-order valence-corrected chi connectivity index (χ1v) is 13.6. The lowest BCUT2D eigenvalue weighted by Gasteiger charge is -2.33. The largest absolute Gasteiger partial charge is 0.355 e. The van der Waals surface area contributed by atoms with Gasteiger partial charge in [0.25, 0.3) is 10.0 Å². The van der Waals surface area contributed by atoms with Gasteiger partial charge in [-0.15, -0.1) is 0 Å². The molecule has 0 fully saturated rings. The van der Waals surface area contributed by atoms with Crippen LogP contribution in [0, 0.1) is 5.82 Å². The van der Waals surface area contributed by atoms with Crippen LogP contribution in [0.2, 0.25) is 5.02 Å². The van der Waals surface area contributed by atoms with E-state index in [0.717, 1.165) is 22.0 Å². The van der Waals surface area contributed by atoms with Crippen molar-refractivity contribution in [1.82, 2.24) is 10.2 Å². The summed E-state index contributed by atoms with van der Waals surface area (Å²) in [5, 5.41) is 3.27. The van der Waals surface area contributed by atoms with E-state index in [0.29, 0.717) is 18.0 Å². The standard InChI is InChI=1S/C27H29ClFN3O4S/c1-3-25(27(34)30-4-2)31(18-20-10-12-21(28)13-11-20)26(33)19-32(23-16-14-22(29)15-17-23)37(35,36)24-8-6-5-7-9-24/h5-17,25H,3-4,18-19H2,1-2H3,(H,30,34)/t25-/m1/s1. The third-order valence-corrected chi connectivity index (χ3v) is 7.77. The molecule has 2 amide bonds. The van der Waals surface area contributed by atoms with Crippen LogP contribution in [0.4, 0.5) is 10.1 Å². The summed E-state index contributed by atoms with van der Waals surface area (Å²) in [6, 6.07) is 18.5. The van der Waals surface area contributed by atoms with Crippen LogP contribution in [0.25, 0.3) is 0 Å². The predicted octanol–water partition coefficient (Wildman–Crippen LogP) is 4.62. The maximum absolute atomic E-state index is 13.8. The molecule has 0 saturated heterocycles. The minimum absolute atomic E-state index is 0.0212. The van der Waals surface area contributed by atoms with Gasteiger partial charge in [-0.3, -0.25) is 13.9 Å². The lowest BCUT2D eigenvalue weighted by molar-refractivity contribution is -0.140. The third-order valence-electron chi connectivity index (χ3n) is 5.73. The zero-order chi connectivity index (χ0) is 27.0. The molecule has 0 heterocycles. The van der Waals surface area contributed by atoms with Gasteiger partial charge in [0.1, 0.15) is 18.4 Å². The summed E-state index contributed by atoms with van der Waals surface area (Å²) in [6.45, 7) is 3.40. The van der Waals surface area contributed by atoms with Gasteiger partial charge in [-0.25, -0.2) is 12.8 Å². The number of anilines is 1. The van der Waals surface area contributed by atoms with Crippen molar-refractivity contribution in [2.45, 2.75) is 37.8 Å². The van der Waals surface area contributed by atoms with Gasteiger partial charge >= 0.3 is 0 Å². The van der Waals surface area contributed by atoms with Gasteiger partial charge in [-0.1, -0.05) is 48.9 Å². The van der Waals surface area contributed by atoms with Crippen molar-refractivity contribution in [2.24, 2.45) is 0 Å². The van der Waals surface area contributed by atoms with Gasteiger partial charge < -0.3 is 10.2 Å².